The minimum Gasteiger partial charge on any atom is -0.491 e. The molecule has 0 amide bonds. The highest BCUT2D eigenvalue weighted by Gasteiger charge is 2.31. The maximum atomic E-state index is 7.22. The number of fused-ring (bicyclic) bond motifs is 10. The molecule has 1 aliphatic rings. The maximum Gasteiger partial charge on any atom is 0.170 e. The van der Waals surface area contributed by atoms with E-state index in [1.54, 1.807) is 47.0 Å². The number of benzene rings is 8. The van der Waals surface area contributed by atoms with Crippen molar-refractivity contribution in [2.24, 2.45) is 0 Å². The van der Waals surface area contributed by atoms with Crippen LogP contribution in [0.5, 0.6) is 23.0 Å². The van der Waals surface area contributed by atoms with E-state index < -0.39 is 0 Å². The van der Waals surface area contributed by atoms with Crippen LogP contribution in [-0.4, -0.2) is 49.7 Å². The van der Waals surface area contributed by atoms with Crippen LogP contribution in [0.2, 0.25) is 0 Å². The van der Waals surface area contributed by atoms with Crippen molar-refractivity contribution in [3.8, 4) is 23.0 Å². The normalized spacial score (nSPS) is 12.8. The molecule has 0 aromatic heterocycles. The largest absolute Gasteiger partial charge is 0.491 e. The smallest absolute Gasteiger partial charge is 0.170 e. The summed E-state index contributed by atoms with van der Waals surface area (Å²) < 4.78 is 28.6. The third-order valence-corrected chi connectivity index (χ3v) is 19.3. The van der Waals surface area contributed by atoms with Crippen molar-refractivity contribution in [2.45, 2.75) is 171 Å². The highest BCUT2D eigenvalue weighted by atomic mass is 32.2. The predicted molar refractivity (Wildman–Crippen MR) is 376 cm³/mol. The van der Waals surface area contributed by atoms with Crippen molar-refractivity contribution < 1.29 is 18.9 Å². The fourth-order valence-corrected chi connectivity index (χ4v) is 14.9. The second-order valence-corrected chi connectivity index (χ2v) is 31.0. The fourth-order valence-electron chi connectivity index (χ4n) is 9.73. The molecule has 8 aromatic carbocycles. The molecule has 0 saturated carbocycles. The fraction of sp³-hybridized carbons (Fsp3) is 0.361. The van der Waals surface area contributed by atoms with Crippen molar-refractivity contribution in [1.82, 2.24) is 10.6 Å². The lowest BCUT2D eigenvalue weighted by Crippen LogP contribution is -2.32. The van der Waals surface area contributed by atoms with Gasteiger partial charge < -0.3 is 40.2 Å². The molecule has 0 aliphatic carbocycles. The van der Waals surface area contributed by atoms with E-state index in [-0.39, 0.29) is 21.7 Å². The average Bonchev–Trinajstić information content (AvgIpc) is 1.02. The molecule has 14 heteroatoms. The molecule has 86 heavy (non-hydrogen) atoms. The van der Waals surface area contributed by atoms with E-state index >= 15 is 0 Å². The van der Waals surface area contributed by atoms with E-state index in [1.807, 2.05) is 12.1 Å². The van der Waals surface area contributed by atoms with E-state index in [0.717, 1.165) is 108 Å². The lowest BCUT2D eigenvalue weighted by molar-refractivity contribution is 0.300. The second kappa shape index (κ2) is 27.8. The average molecular weight is 1260 g/mol. The van der Waals surface area contributed by atoms with Gasteiger partial charge in [0, 0.05) is 22.1 Å². The summed E-state index contributed by atoms with van der Waals surface area (Å²) in [7, 11) is 0. The topological polar surface area (TPSA) is 85.0 Å². The maximum absolute atomic E-state index is 7.22. The van der Waals surface area contributed by atoms with Gasteiger partial charge in [-0.15, -0.1) is 0 Å². The predicted octanol–water partition coefficient (Wildman–Crippen LogP) is 20.4. The number of anilines is 2. The van der Waals surface area contributed by atoms with Crippen LogP contribution < -0.4 is 40.2 Å². The van der Waals surface area contributed by atoms with E-state index in [4.69, 9.17) is 43.4 Å². The molecule has 1 aliphatic heterocycles. The molecule has 0 spiro atoms. The van der Waals surface area contributed by atoms with Crippen LogP contribution in [0.15, 0.2) is 173 Å². The van der Waals surface area contributed by atoms with Gasteiger partial charge in [-0.05, 0) is 153 Å². The first-order chi connectivity index (χ1) is 40.9. The van der Waals surface area contributed by atoms with Crippen LogP contribution in [0.25, 0.3) is 21.5 Å². The van der Waals surface area contributed by atoms with Crippen molar-refractivity contribution >= 4 is 115 Å². The van der Waals surface area contributed by atoms with E-state index in [2.05, 4.69) is 240 Å². The Hall–Kier alpha value is -5.74. The molecule has 8 bridgehead atoms. The summed E-state index contributed by atoms with van der Waals surface area (Å²) >= 11 is 18.7. The zero-order chi connectivity index (χ0) is 61.6. The van der Waals surface area contributed by atoms with Crippen LogP contribution in [0.4, 0.5) is 11.4 Å². The third-order valence-electron chi connectivity index (χ3n) is 14.7. The Kier molecular flexibility index (Phi) is 20.9. The molecule has 9 rings (SSSR count). The number of rotatable bonds is 16. The Bertz CT molecular complexity index is 3410. The summed E-state index contributed by atoms with van der Waals surface area (Å²) in [6, 6.07) is 47.8. The second-order valence-electron chi connectivity index (χ2n) is 25.8. The van der Waals surface area contributed by atoms with Crippen molar-refractivity contribution in [2.75, 3.05) is 50.2 Å². The summed E-state index contributed by atoms with van der Waals surface area (Å²) in [5, 5.41) is 19.4. The highest BCUT2D eigenvalue weighted by molar-refractivity contribution is 8.01. The zero-order valence-electron chi connectivity index (χ0n) is 52.4. The van der Waals surface area contributed by atoms with Crippen molar-refractivity contribution in [3.63, 3.8) is 0 Å². The van der Waals surface area contributed by atoms with Crippen LogP contribution in [0.1, 0.15) is 132 Å². The molecule has 452 valence electrons. The Morgan fingerprint density at radius 1 is 0.360 bits per heavy atom. The summed E-state index contributed by atoms with van der Waals surface area (Å²) in [6.45, 7) is 34.4. The SMILES string of the molecule is CCCOc1c2cc(C(C)(C)C)cc1Sc1cc(C(C)(C)C)cc(c1OCCNC(=S)Nc1cccc3ccccc13)Sc1cc(C(C)(C)C)cc(c1OCCC)Sc1cc(C(C)(C)C)cc(c1OCCNC(=S)Nc1cccc3ccccc13)S2. The van der Waals surface area contributed by atoms with Gasteiger partial charge in [-0.1, -0.05) is 217 Å². The first-order valence-electron chi connectivity index (χ1n) is 29.9. The lowest BCUT2D eigenvalue weighted by Gasteiger charge is -2.28. The number of hydrogen-bond acceptors (Lipinski definition) is 10. The van der Waals surface area contributed by atoms with E-state index in [0.29, 0.717) is 49.7 Å². The summed E-state index contributed by atoms with van der Waals surface area (Å²) in [4.78, 5) is 8.00. The Morgan fingerprint density at radius 3 is 0.884 bits per heavy atom. The number of hydrogen-bond donors (Lipinski definition) is 4. The minimum absolute atomic E-state index is 0.214. The summed E-state index contributed by atoms with van der Waals surface area (Å²) in [5.74, 6) is 3.25. The molecule has 8 aromatic rings. The monoisotopic (exact) mass is 1260 g/mol. The molecule has 0 atom stereocenters. The first kappa shape index (κ1) is 64.7. The van der Waals surface area contributed by atoms with Gasteiger partial charge in [-0.2, -0.15) is 0 Å². The van der Waals surface area contributed by atoms with Crippen LogP contribution in [0, 0.1) is 0 Å². The minimum atomic E-state index is -0.216. The van der Waals surface area contributed by atoms with Gasteiger partial charge >= 0.3 is 0 Å². The van der Waals surface area contributed by atoms with Crippen LogP contribution in [0.3, 0.4) is 0 Å². The zero-order valence-corrected chi connectivity index (χ0v) is 57.3. The van der Waals surface area contributed by atoms with Crippen LogP contribution >= 0.6 is 71.5 Å². The summed E-state index contributed by atoms with van der Waals surface area (Å²) in [5.41, 5.74) is 5.81. The molecule has 4 N–H and O–H groups in total. The molecule has 8 nitrogen and oxygen atoms in total. The third kappa shape index (κ3) is 16.1. The molecule has 0 unspecified atom stereocenters. The van der Waals surface area contributed by atoms with Gasteiger partial charge in [0.25, 0.3) is 0 Å². The lowest BCUT2D eigenvalue weighted by atomic mass is 9.87. The summed E-state index contributed by atoms with van der Waals surface area (Å²) in [6.07, 6.45) is 1.67. The van der Waals surface area contributed by atoms with Gasteiger partial charge in [0.05, 0.1) is 65.5 Å². The molecule has 1 heterocycles. The number of ether oxygens (including phenoxy) is 4. The quantitative estimate of drug-likeness (QED) is 0.0547. The standard InChI is InChI=1S/C72H84N4O4S6/c1-15-33-77-63-55-37-47(69(3,4)5)38-56(63)84-60-42-50(72(12,13)14)44-62(66(60)80-36-32-74-68(82)76-54-30-22-26-46-24-18-20-28-52(46)54)86-58-40-48(70(6,7)8)39-57(64(58)78-34-16-2)85-61-43-49(71(9,10)11)41-59(83-55)65(61)79-35-31-73-67(81)75-53-29-21-25-45-23-17-19-27-51(45)53/h17-30,37-44H,15-16,31-36H2,1-14H3,(H2,73,75,81)(H2,74,76,82). The van der Waals surface area contributed by atoms with Gasteiger partial charge in [0.15, 0.2) is 10.2 Å². The molecule has 0 radical (unpaired) electrons. The molecule has 0 saturated heterocycles. The Morgan fingerprint density at radius 2 is 0.616 bits per heavy atom. The van der Waals surface area contributed by atoms with Crippen molar-refractivity contribution in [1.29, 1.82) is 0 Å². The van der Waals surface area contributed by atoms with Gasteiger partial charge in [-0.3, -0.25) is 0 Å². The molecular formula is C72H84N4O4S6. The van der Waals surface area contributed by atoms with Gasteiger partial charge in [0.2, 0.25) is 0 Å². The van der Waals surface area contributed by atoms with E-state index in [1.165, 1.54) is 22.3 Å². The molecule has 0 fully saturated rings. The van der Waals surface area contributed by atoms with E-state index in [9.17, 15) is 0 Å². The first-order valence-corrected chi connectivity index (χ1v) is 34.0. The van der Waals surface area contributed by atoms with Crippen LogP contribution in [-0.2, 0) is 21.7 Å². The molecular weight excluding hydrogens is 1180 g/mol. The Labute approximate surface area is 539 Å². The van der Waals surface area contributed by atoms with Crippen molar-refractivity contribution in [3.05, 3.63) is 156 Å². The number of nitrogens with one attached hydrogen (secondary N) is 4. The highest BCUT2D eigenvalue weighted by Crippen LogP contribution is 2.56. The van der Waals surface area contributed by atoms with Gasteiger partial charge in [-0.25, -0.2) is 0 Å². The van der Waals surface area contributed by atoms with Gasteiger partial charge in [0.1, 0.15) is 36.2 Å². The number of thiocarbonyl (C=S) groups is 2. The Balaban J connectivity index is 1.20.